The van der Waals surface area contributed by atoms with Gasteiger partial charge in [-0.25, -0.2) is 0 Å². The molecule has 3 aliphatic rings. The topological polar surface area (TPSA) is 52.7 Å². The van der Waals surface area contributed by atoms with E-state index in [1.165, 1.54) is 25.7 Å². The zero-order valence-electron chi connectivity index (χ0n) is 16.6. The maximum Gasteiger partial charge on any atom is 0.256 e. The van der Waals surface area contributed by atoms with Gasteiger partial charge in [0, 0.05) is 26.2 Å². The largest absolute Gasteiger partial charge is 0.324 e. The van der Waals surface area contributed by atoms with Gasteiger partial charge in [-0.1, -0.05) is 49.2 Å². The SMILES string of the molecule is O=C1Nc2ccc(-c3ccccc3)cc2C(=O)N2CCN(CC3CCCC3)CC12. The Morgan fingerprint density at radius 3 is 2.52 bits per heavy atom. The van der Waals surface area contributed by atoms with Crippen molar-refractivity contribution in [3.8, 4) is 11.1 Å². The summed E-state index contributed by atoms with van der Waals surface area (Å²) in [4.78, 5) is 30.5. The summed E-state index contributed by atoms with van der Waals surface area (Å²) < 4.78 is 0. The minimum absolute atomic E-state index is 0.0401. The fourth-order valence-corrected chi connectivity index (χ4v) is 5.04. The molecule has 29 heavy (non-hydrogen) atoms. The summed E-state index contributed by atoms with van der Waals surface area (Å²) in [7, 11) is 0. The Hall–Kier alpha value is -2.66. The lowest BCUT2D eigenvalue weighted by Gasteiger charge is -2.40. The molecule has 0 radical (unpaired) electrons. The molecule has 1 aliphatic carbocycles. The third-order valence-corrected chi connectivity index (χ3v) is 6.63. The highest BCUT2D eigenvalue weighted by Gasteiger charge is 2.39. The second kappa shape index (κ2) is 7.64. The van der Waals surface area contributed by atoms with Crippen LogP contribution in [0.15, 0.2) is 48.5 Å². The molecule has 1 unspecified atom stereocenters. The van der Waals surface area contributed by atoms with E-state index in [0.29, 0.717) is 24.3 Å². The number of fused-ring (bicyclic) bond motifs is 2. The van der Waals surface area contributed by atoms with Crippen LogP contribution in [0.25, 0.3) is 11.1 Å². The van der Waals surface area contributed by atoms with Gasteiger partial charge in [-0.3, -0.25) is 14.5 Å². The Morgan fingerprint density at radius 1 is 0.931 bits per heavy atom. The van der Waals surface area contributed by atoms with Crippen LogP contribution in [0, 0.1) is 5.92 Å². The predicted molar refractivity (Wildman–Crippen MR) is 114 cm³/mol. The molecule has 1 saturated heterocycles. The molecule has 1 atom stereocenters. The van der Waals surface area contributed by atoms with Crippen LogP contribution in [-0.4, -0.2) is 53.8 Å². The number of hydrogen-bond donors (Lipinski definition) is 1. The van der Waals surface area contributed by atoms with Gasteiger partial charge in [0.2, 0.25) is 5.91 Å². The summed E-state index contributed by atoms with van der Waals surface area (Å²) in [6, 6.07) is 15.4. The average molecular weight is 389 g/mol. The van der Waals surface area contributed by atoms with Gasteiger partial charge in [-0.15, -0.1) is 0 Å². The Labute approximate surface area is 171 Å². The van der Waals surface area contributed by atoms with Gasteiger partial charge in [0.1, 0.15) is 6.04 Å². The smallest absolute Gasteiger partial charge is 0.256 e. The number of hydrogen-bond acceptors (Lipinski definition) is 3. The van der Waals surface area contributed by atoms with Crippen LogP contribution >= 0.6 is 0 Å². The van der Waals surface area contributed by atoms with Crippen molar-refractivity contribution in [2.24, 2.45) is 5.92 Å². The van der Waals surface area contributed by atoms with Crippen molar-refractivity contribution >= 4 is 17.5 Å². The molecule has 2 amide bonds. The van der Waals surface area contributed by atoms with Crippen molar-refractivity contribution < 1.29 is 9.59 Å². The molecule has 1 N–H and O–H groups in total. The van der Waals surface area contributed by atoms with Crippen LogP contribution in [0.4, 0.5) is 5.69 Å². The number of amides is 2. The van der Waals surface area contributed by atoms with Crippen LogP contribution < -0.4 is 5.32 Å². The molecule has 1 saturated carbocycles. The van der Waals surface area contributed by atoms with E-state index in [1.807, 2.05) is 48.5 Å². The molecule has 0 spiro atoms. The highest BCUT2D eigenvalue weighted by Crippen LogP contribution is 2.31. The minimum Gasteiger partial charge on any atom is -0.324 e. The van der Waals surface area contributed by atoms with Gasteiger partial charge in [0.05, 0.1) is 11.3 Å². The van der Waals surface area contributed by atoms with E-state index in [2.05, 4.69) is 10.2 Å². The maximum atomic E-state index is 13.4. The number of nitrogens with one attached hydrogen (secondary N) is 1. The van der Waals surface area contributed by atoms with Crippen LogP contribution in [0.2, 0.25) is 0 Å². The third kappa shape index (κ3) is 3.55. The van der Waals surface area contributed by atoms with E-state index >= 15 is 0 Å². The molecule has 150 valence electrons. The first-order valence-corrected chi connectivity index (χ1v) is 10.7. The highest BCUT2D eigenvalue weighted by atomic mass is 16.2. The standard InChI is InChI=1S/C24H27N3O2/c28-23-22-16-26(15-17-6-4-5-7-17)12-13-27(22)24(29)20-14-19(10-11-21(20)25-23)18-8-2-1-3-9-18/h1-3,8-11,14,17,22H,4-7,12-13,15-16H2,(H,25,28). The van der Waals surface area contributed by atoms with Gasteiger partial charge in [0.25, 0.3) is 5.91 Å². The zero-order chi connectivity index (χ0) is 19.8. The second-order valence-corrected chi connectivity index (χ2v) is 8.54. The quantitative estimate of drug-likeness (QED) is 0.872. The molecule has 5 nitrogen and oxygen atoms in total. The van der Waals surface area contributed by atoms with Gasteiger partial charge < -0.3 is 10.2 Å². The molecule has 0 bridgehead atoms. The van der Waals surface area contributed by atoms with E-state index in [1.54, 1.807) is 4.90 Å². The van der Waals surface area contributed by atoms with Crippen molar-refractivity contribution in [2.75, 3.05) is 31.5 Å². The Balaban J connectivity index is 1.40. The number of carbonyl (C=O) groups is 2. The summed E-state index contributed by atoms with van der Waals surface area (Å²) in [5.41, 5.74) is 3.27. The summed E-state index contributed by atoms with van der Waals surface area (Å²) in [6.45, 7) is 3.14. The van der Waals surface area contributed by atoms with Crippen LogP contribution in [0.1, 0.15) is 36.0 Å². The Kier molecular flexibility index (Phi) is 4.84. The van der Waals surface area contributed by atoms with Gasteiger partial charge in [0.15, 0.2) is 0 Å². The zero-order valence-corrected chi connectivity index (χ0v) is 16.6. The van der Waals surface area contributed by atoms with Gasteiger partial charge >= 0.3 is 0 Å². The number of benzene rings is 2. The molecule has 0 aromatic heterocycles. The number of carbonyl (C=O) groups excluding carboxylic acids is 2. The molecule has 5 heteroatoms. The number of rotatable bonds is 3. The summed E-state index contributed by atoms with van der Waals surface area (Å²) >= 11 is 0. The van der Waals surface area contributed by atoms with Crippen molar-refractivity contribution in [3.63, 3.8) is 0 Å². The van der Waals surface area contributed by atoms with Crippen molar-refractivity contribution in [1.82, 2.24) is 9.80 Å². The maximum absolute atomic E-state index is 13.4. The minimum atomic E-state index is -0.412. The lowest BCUT2D eigenvalue weighted by Crippen LogP contribution is -2.58. The first-order chi connectivity index (χ1) is 14.2. The summed E-state index contributed by atoms with van der Waals surface area (Å²) in [5, 5.41) is 3.02. The lowest BCUT2D eigenvalue weighted by atomic mass is 10.0. The average Bonchev–Trinajstić information content (AvgIpc) is 3.24. The molecule has 2 aromatic carbocycles. The number of anilines is 1. The predicted octanol–water partition coefficient (Wildman–Crippen LogP) is 3.62. The van der Waals surface area contributed by atoms with E-state index < -0.39 is 6.04 Å². The molecule has 2 heterocycles. The summed E-state index contributed by atoms with van der Waals surface area (Å²) in [6.07, 6.45) is 5.24. The van der Waals surface area contributed by atoms with Gasteiger partial charge in [-0.05, 0) is 42.0 Å². The summed E-state index contributed by atoms with van der Waals surface area (Å²) in [5.74, 6) is 0.638. The van der Waals surface area contributed by atoms with E-state index in [9.17, 15) is 9.59 Å². The van der Waals surface area contributed by atoms with E-state index in [-0.39, 0.29) is 11.8 Å². The van der Waals surface area contributed by atoms with Crippen molar-refractivity contribution in [1.29, 1.82) is 0 Å². The molecular formula is C24H27N3O2. The van der Waals surface area contributed by atoms with Crippen LogP contribution in [0.5, 0.6) is 0 Å². The Bertz CT molecular complexity index is 921. The van der Waals surface area contributed by atoms with Crippen molar-refractivity contribution in [2.45, 2.75) is 31.7 Å². The lowest BCUT2D eigenvalue weighted by molar-refractivity contribution is -0.122. The first kappa shape index (κ1) is 18.4. The third-order valence-electron chi connectivity index (χ3n) is 6.63. The van der Waals surface area contributed by atoms with Gasteiger partial charge in [-0.2, -0.15) is 0 Å². The molecular weight excluding hydrogens is 362 g/mol. The van der Waals surface area contributed by atoms with Crippen molar-refractivity contribution in [3.05, 3.63) is 54.1 Å². The molecule has 2 aliphatic heterocycles. The second-order valence-electron chi connectivity index (χ2n) is 8.54. The Morgan fingerprint density at radius 2 is 1.72 bits per heavy atom. The first-order valence-electron chi connectivity index (χ1n) is 10.7. The van der Waals surface area contributed by atoms with Crippen LogP contribution in [0.3, 0.4) is 0 Å². The van der Waals surface area contributed by atoms with E-state index in [0.717, 1.165) is 30.1 Å². The molecule has 2 aromatic rings. The monoisotopic (exact) mass is 389 g/mol. The fourth-order valence-electron chi connectivity index (χ4n) is 5.04. The normalized spacial score (nSPS) is 22.8. The van der Waals surface area contributed by atoms with E-state index in [4.69, 9.17) is 0 Å². The number of piperazine rings is 1. The fraction of sp³-hybridized carbons (Fsp3) is 0.417. The van der Waals surface area contributed by atoms with Crippen LogP contribution in [-0.2, 0) is 4.79 Å². The molecule has 5 rings (SSSR count). The molecule has 2 fully saturated rings. The number of nitrogens with zero attached hydrogens (tertiary/aromatic N) is 2. The highest BCUT2D eigenvalue weighted by molar-refractivity contribution is 6.10.